The quantitative estimate of drug-likeness (QED) is 0.674. The summed E-state index contributed by atoms with van der Waals surface area (Å²) in [5.41, 5.74) is 7.05. The number of alkyl halides is 1. The van der Waals surface area contributed by atoms with Crippen LogP contribution in [-0.4, -0.2) is 28.0 Å². The Balaban J connectivity index is 2.32. The first-order valence-corrected chi connectivity index (χ1v) is 4.78. The van der Waals surface area contributed by atoms with E-state index < -0.39 is 0 Å². The van der Waals surface area contributed by atoms with E-state index in [2.05, 4.69) is 10.2 Å². The third kappa shape index (κ3) is 1.33. The maximum absolute atomic E-state index is 11.5. The van der Waals surface area contributed by atoms with Crippen molar-refractivity contribution in [3.05, 3.63) is 5.69 Å². The number of hydrogen-bond donors (Lipinski definition) is 2. The van der Waals surface area contributed by atoms with E-state index in [0.29, 0.717) is 24.5 Å². The first-order valence-electron chi connectivity index (χ1n) is 4.34. The molecule has 1 saturated heterocycles. The zero-order valence-corrected chi connectivity index (χ0v) is 8.51. The Kier molecular flexibility index (Phi) is 2.11. The first-order chi connectivity index (χ1) is 6.59. The van der Waals surface area contributed by atoms with Crippen LogP contribution in [0, 0.1) is 6.92 Å². The van der Waals surface area contributed by atoms with Gasteiger partial charge < -0.3 is 5.73 Å². The molecule has 1 aliphatic rings. The van der Waals surface area contributed by atoms with Gasteiger partial charge in [0.25, 0.3) is 0 Å². The predicted molar refractivity (Wildman–Crippen MR) is 54.3 cm³/mol. The maximum atomic E-state index is 11.5. The van der Waals surface area contributed by atoms with E-state index in [1.165, 1.54) is 4.90 Å². The molecule has 0 saturated carbocycles. The largest absolute Gasteiger partial charge is 0.394 e. The highest BCUT2D eigenvalue weighted by atomic mass is 35.5. The van der Waals surface area contributed by atoms with E-state index >= 15 is 0 Å². The van der Waals surface area contributed by atoms with Gasteiger partial charge >= 0.3 is 0 Å². The van der Waals surface area contributed by atoms with E-state index in [0.717, 1.165) is 5.69 Å². The summed E-state index contributed by atoms with van der Waals surface area (Å²) in [6, 6.07) is 0. The Morgan fingerprint density at radius 2 is 2.43 bits per heavy atom. The lowest BCUT2D eigenvalue weighted by Crippen LogP contribution is -2.25. The van der Waals surface area contributed by atoms with Gasteiger partial charge in [-0.3, -0.25) is 14.8 Å². The lowest BCUT2D eigenvalue weighted by molar-refractivity contribution is -0.117. The fraction of sp³-hybridized carbons (Fsp3) is 0.500. The number of halogens is 1. The number of anilines is 2. The summed E-state index contributed by atoms with van der Waals surface area (Å²) in [5.74, 6) is 0.471. The molecule has 0 bridgehead atoms. The molecular weight excluding hydrogens is 204 g/mol. The summed E-state index contributed by atoms with van der Waals surface area (Å²) in [7, 11) is 0. The van der Waals surface area contributed by atoms with Crippen molar-refractivity contribution >= 4 is 29.0 Å². The third-order valence-electron chi connectivity index (χ3n) is 2.31. The normalized spacial score (nSPS) is 22.0. The number of aryl methyl sites for hydroxylation is 1. The number of carbonyl (C=O) groups is 1. The number of nitrogens with zero attached hydrogens (tertiary/aromatic N) is 2. The van der Waals surface area contributed by atoms with Gasteiger partial charge in [-0.25, -0.2) is 0 Å². The van der Waals surface area contributed by atoms with Crippen LogP contribution in [0.1, 0.15) is 12.1 Å². The second kappa shape index (κ2) is 3.16. The highest BCUT2D eigenvalue weighted by molar-refractivity contribution is 6.24. The van der Waals surface area contributed by atoms with Crippen molar-refractivity contribution < 1.29 is 4.79 Å². The van der Waals surface area contributed by atoms with Crippen molar-refractivity contribution in [2.75, 3.05) is 17.2 Å². The molecule has 5 nitrogen and oxygen atoms in total. The Morgan fingerprint density at radius 3 is 2.86 bits per heavy atom. The van der Waals surface area contributed by atoms with Crippen LogP contribution < -0.4 is 10.6 Å². The second-order valence-corrected chi connectivity index (χ2v) is 4.01. The van der Waals surface area contributed by atoms with E-state index in [1.807, 2.05) is 6.92 Å². The summed E-state index contributed by atoms with van der Waals surface area (Å²) in [5, 5.41) is 6.58. The summed E-state index contributed by atoms with van der Waals surface area (Å²) in [6.45, 7) is 2.29. The number of nitrogens with two attached hydrogens (primary N) is 1. The van der Waals surface area contributed by atoms with Crippen LogP contribution in [0.3, 0.4) is 0 Å². The van der Waals surface area contributed by atoms with Crippen LogP contribution in [-0.2, 0) is 4.79 Å². The highest BCUT2D eigenvalue weighted by Crippen LogP contribution is 2.28. The zero-order valence-electron chi connectivity index (χ0n) is 7.75. The van der Waals surface area contributed by atoms with Gasteiger partial charge in [0.2, 0.25) is 5.91 Å². The molecule has 1 aromatic rings. The number of nitrogens with one attached hydrogen (secondary N) is 1. The zero-order chi connectivity index (χ0) is 10.3. The number of amides is 1. The minimum Gasteiger partial charge on any atom is -0.394 e. The average Bonchev–Trinajstić information content (AvgIpc) is 2.59. The molecule has 1 unspecified atom stereocenters. The van der Waals surface area contributed by atoms with Gasteiger partial charge in [-0.2, -0.15) is 5.10 Å². The number of aromatic amines is 1. The number of aromatic nitrogens is 2. The topological polar surface area (TPSA) is 75.0 Å². The minimum absolute atomic E-state index is 0.0248. The van der Waals surface area contributed by atoms with Crippen molar-refractivity contribution in [1.29, 1.82) is 0 Å². The number of rotatable bonds is 1. The summed E-state index contributed by atoms with van der Waals surface area (Å²) < 4.78 is 0. The molecule has 0 spiro atoms. The molecule has 6 heteroatoms. The van der Waals surface area contributed by atoms with Crippen LogP contribution in [0.15, 0.2) is 0 Å². The lowest BCUT2D eigenvalue weighted by Gasteiger charge is -2.12. The molecule has 14 heavy (non-hydrogen) atoms. The molecule has 2 rings (SSSR count). The average molecular weight is 215 g/mol. The Hall–Kier alpha value is -1.23. The number of H-pyrrole nitrogens is 1. The standard InChI is InChI=1S/C8H11ClN4O/c1-4-7(10)8(12-11-4)13-3-5(9)2-6(13)14/h5H,2-3,10H2,1H3,(H,11,12). The number of carbonyl (C=O) groups excluding carboxylic acids is 1. The van der Waals surface area contributed by atoms with Gasteiger partial charge in [-0.15, -0.1) is 11.6 Å². The number of hydrogen-bond acceptors (Lipinski definition) is 3. The fourth-order valence-corrected chi connectivity index (χ4v) is 1.77. The van der Waals surface area contributed by atoms with Crippen LogP contribution >= 0.6 is 11.6 Å². The molecule has 0 aromatic carbocycles. The predicted octanol–water partition coefficient (Wildman–Crippen LogP) is 0.644. The molecule has 1 aromatic heterocycles. The van der Waals surface area contributed by atoms with Gasteiger partial charge in [-0.05, 0) is 6.92 Å². The van der Waals surface area contributed by atoms with Crippen molar-refractivity contribution in [2.24, 2.45) is 0 Å². The fourth-order valence-electron chi connectivity index (χ4n) is 1.50. The molecule has 3 N–H and O–H groups in total. The smallest absolute Gasteiger partial charge is 0.229 e. The van der Waals surface area contributed by atoms with Gasteiger partial charge in [0.15, 0.2) is 5.82 Å². The van der Waals surface area contributed by atoms with Crippen LogP contribution in [0.4, 0.5) is 11.5 Å². The van der Waals surface area contributed by atoms with Gasteiger partial charge in [-0.1, -0.05) is 0 Å². The summed E-state index contributed by atoms with van der Waals surface area (Å²) >= 11 is 5.87. The van der Waals surface area contributed by atoms with Crippen molar-refractivity contribution in [2.45, 2.75) is 18.7 Å². The first kappa shape index (κ1) is 9.33. The molecule has 2 heterocycles. The molecular formula is C8H11ClN4O. The summed E-state index contributed by atoms with van der Waals surface area (Å²) in [4.78, 5) is 13.0. The minimum atomic E-state index is -0.140. The van der Waals surface area contributed by atoms with E-state index in [1.54, 1.807) is 0 Å². The monoisotopic (exact) mass is 214 g/mol. The molecule has 1 atom stereocenters. The highest BCUT2D eigenvalue weighted by Gasteiger charge is 2.31. The molecule has 1 fully saturated rings. The van der Waals surface area contributed by atoms with Crippen molar-refractivity contribution in [3.63, 3.8) is 0 Å². The van der Waals surface area contributed by atoms with Crippen molar-refractivity contribution in [3.8, 4) is 0 Å². The van der Waals surface area contributed by atoms with Gasteiger partial charge in [0, 0.05) is 13.0 Å². The Bertz CT molecular complexity index is 375. The lowest BCUT2D eigenvalue weighted by atomic mass is 10.4. The number of nitrogen functional groups attached to an aromatic ring is 1. The van der Waals surface area contributed by atoms with E-state index in [9.17, 15) is 4.79 Å². The third-order valence-corrected chi connectivity index (χ3v) is 2.60. The van der Waals surface area contributed by atoms with Gasteiger partial charge in [0.1, 0.15) is 0 Å². The molecule has 1 amide bonds. The maximum Gasteiger partial charge on any atom is 0.229 e. The molecule has 1 aliphatic heterocycles. The van der Waals surface area contributed by atoms with Crippen LogP contribution in [0.2, 0.25) is 0 Å². The molecule has 0 aliphatic carbocycles. The van der Waals surface area contributed by atoms with Gasteiger partial charge in [0.05, 0.1) is 16.8 Å². The molecule has 76 valence electrons. The van der Waals surface area contributed by atoms with E-state index in [4.69, 9.17) is 17.3 Å². The molecule has 0 radical (unpaired) electrons. The van der Waals surface area contributed by atoms with Crippen LogP contribution in [0.5, 0.6) is 0 Å². The second-order valence-electron chi connectivity index (χ2n) is 3.39. The SMILES string of the molecule is Cc1[nH]nc(N2CC(Cl)CC2=O)c1N. The van der Waals surface area contributed by atoms with Crippen molar-refractivity contribution in [1.82, 2.24) is 10.2 Å². The Labute approximate surface area is 86.2 Å². The Morgan fingerprint density at radius 1 is 1.71 bits per heavy atom. The van der Waals surface area contributed by atoms with E-state index in [-0.39, 0.29) is 11.3 Å². The van der Waals surface area contributed by atoms with Crippen LogP contribution in [0.25, 0.3) is 0 Å². The summed E-state index contributed by atoms with van der Waals surface area (Å²) in [6.07, 6.45) is 0.354.